The van der Waals surface area contributed by atoms with Crippen LogP contribution in [0.15, 0.2) is 23.8 Å². The van der Waals surface area contributed by atoms with E-state index in [0.29, 0.717) is 22.7 Å². The van der Waals surface area contributed by atoms with Crippen LogP contribution in [0.1, 0.15) is 98.8 Å². The first-order valence-electron chi connectivity index (χ1n) is 12.7. The van der Waals surface area contributed by atoms with Crippen LogP contribution in [0.2, 0.25) is 0 Å². The van der Waals surface area contributed by atoms with Gasteiger partial charge in [0.2, 0.25) is 0 Å². The van der Waals surface area contributed by atoms with E-state index in [0.717, 1.165) is 36.5 Å². The highest BCUT2D eigenvalue weighted by Crippen LogP contribution is 2.66. The summed E-state index contributed by atoms with van der Waals surface area (Å²) < 4.78 is 0. The molecular weight excluding hydrogens is 352 g/mol. The lowest BCUT2D eigenvalue weighted by Gasteiger charge is -2.57. The highest BCUT2D eigenvalue weighted by molar-refractivity contribution is 5.27. The Morgan fingerprint density at radius 1 is 1.07 bits per heavy atom. The van der Waals surface area contributed by atoms with E-state index in [9.17, 15) is 5.11 Å². The monoisotopic (exact) mass is 398 g/mol. The van der Waals surface area contributed by atoms with Crippen LogP contribution < -0.4 is 0 Å². The summed E-state index contributed by atoms with van der Waals surface area (Å²) in [7, 11) is 0. The molecule has 4 rings (SSSR count). The van der Waals surface area contributed by atoms with E-state index in [1.54, 1.807) is 0 Å². The molecule has 1 nitrogen and oxygen atoms in total. The number of hydrogen-bond acceptors (Lipinski definition) is 1. The van der Waals surface area contributed by atoms with Gasteiger partial charge in [-0.1, -0.05) is 58.4 Å². The van der Waals surface area contributed by atoms with Crippen molar-refractivity contribution in [3.05, 3.63) is 23.8 Å². The van der Waals surface area contributed by atoms with E-state index >= 15 is 0 Å². The molecule has 164 valence electrons. The third-order valence-corrected chi connectivity index (χ3v) is 10.5. The molecule has 3 saturated carbocycles. The Bertz CT molecular complexity index is 659. The van der Waals surface area contributed by atoms with Gasteiger partial charge in [0.1, 0.15) is 0 Å². The Morgan fingerprint density at radius 3 is 2.48 bits per heavy atom. The Morgan fingerprint density at radius 2 is 1.76 bits per heavy atom. The van der Waals surface area contributed by atoms with Crippen LogP contribution in [0.4, 0.5) is 0 Å². The number of hydrogen-bond donors (Lipinski definition) is 1. The van der Waals surface area contributed by atoms with Crippen molar-refractivity contribution in [2.45, 2.75) is 105 Å². The second kappa shape index (κ2) is 7.85. The second-order valence-corrected chi connectivity index (χ2v) is 12.2. The lowest BCUT2D eigenvalue weighted by molar-refractivity contribution is -0.0427. The lowest BCUT2D eigenvalue weighted by Crippen LogP contribution is -2.49. The Labute approximate surface area is 180 Å². The number of aliphatic hydroxyl groups is 1. The van der Waals surface area contributed by atoms with E-state index in [-0.39, 0.29) is 6.10 Å². The largest absolute Gasteiger partial charge is 0.393 e. The average Bonchev–Trinajstić information content (AvgIpc) is 3.03. The molecule has 0 bridgehead atoms. The fourth-order valence-electron chi connectivity index (χ4n) is 8.37. The lowest BCUT2D eigenvalue weighted by atomic mass is 9.47. The Hall–Kier alpha value is -0.560. The van der Waals surface area contributed by atoms with Gasteiger partial charge in [-0.3, -0.25) is 0 Å². The number of fused-ring (bicyclic) bond motifs is 5. The molecule has 1 N–H and O–H groups in total. The standard InChI is InChI=1S/C28H46O/c1-18(2)19(3)7-8-20(4)24-11-12-25-23-10-9-21-17-22(29)13-15-27(21,5)26(23)14-16-28(24,25)6/h10,18,20-22,24-26,29H,3,7-9,11-17H2,1-2,4-6H3/t20-,21+,22+,24-,25+,26+,27+,28-/m1/s1. The van der Waals surface area contributed by atoms with Gasteiger partial charge in [-0.25, -0.2) is 0 Å². The summed E-state index contributed by atoms with van der Waals surface area (Å²) in [5.74, 6) is 4.65. The molecule has 8 atom stereocenters. The molecule has 0 heterocycles. The van der Waals surface area contributed by atoms with Crippen LogP contribution in [0.5, 0.6) is 0 Å². The first kappa shape index (κ1) is 21.7. The number of rotatable bonds is 5. The number of aliphatic hydroxyl groups excluding tert-OH is 1. The number of allylic oxidation sites excluding steroid dienone is 3. The third-order valence-electron chi connectivity index (χ3n) is 10.5. The molecule has 29 heavy (non-hydrogen) atoms. The van der Waals surface area contributed by atoms with Crippen molar-refractivity contribution < 1.29 is 5.11 Å². The van der Waals surface area contributed by atoms with Crippen molar-refractivity contribution in [1.29, 1.82) is 0 Å². The zero-order chi connectivity index (χ0) is 21.0. The highest BCUT2D eigenvalue weighted by Gasteiger charge is 2.58. The van der Waals surface area contributed by atoms with E-state index in [1.807, 2.05) is 5.57 Å². The molecule has 0 saturated heterocycles. The van der Waals surface area contributed by atoms with Crippen LogP contribution in [0, 0.1) is 46.3 Å². The molecule has 4 aliphatic carbocycles. The maximum absolute atomic E-state index is 10.2. The summed E-state index contributed by atoms with van der Waals surface area (Å²) in [5, 5.41) is 10.2. The molecule has 1 heteroatoms. The first-order chi connectivity index (χ1) is 13.7. The third kappa shape index (κ3) is 3.58. The summed E-state index contributed by atoms with van der Waals surface area (Å²) in [6.45, 7) is 16.7. The molecule has 0 radical (unpaired) electrons. The molecule has 4 aliphatic rings. The van der Waals surface area contributed by atoms with Gasteiger partial charge in [0.25, 0.3) is 0 Å². The first-order valence-corrected chi connectivity index (χ1v) is 12.7. The molecule has 0 aromatic carbocycles. The van der Waals surface area contributed by atoms with Crippen molar-refractivity contribution in [2.24, 2.45) is 46.3 Å². The van der Waals surface area contributed by atoms with Crippen LogP contribution in [0.3, 0.4) is 0 Å². The van der Waals surface area contributed by atoms with Crippen LogP contribution in [-0.2, 0) is 0 Å². The Kier molecular flexibility index (Phi) is 5.86. The predicted octanol–water partition coefficient (Wildman–Crippen LogP) is 7.55. The predicted molar refractivity (Wildman–Crippen MR) is 124 cm³/mol. The molecule has 0 amide bonds. The van der Waals surface area contributed by atoms with Crippen molar-refractivity contribution in [2.75, 3.05) is 0 Å². The smallest absolute Gasteiger partial charge is 0.0543 e. The van der Waals surface area contributed by atoms with E-state index in [1.165, 1.54) is 56.9 Å². The van der Waals surface area contributed by atoms with E-state index in [2.05, 4.69) is 47.3 Å². The molecule has 0 aromatic rings. The van der Waals surface area contributed by atoms with Crippen molar-refractivity contribution in [3.8, 4) is 0 Å². The fraction of sp³-hybridized carbons (Fsp3) is 0.857. The minimum Gasteiger partial charge on any atom is -0.393 e. The average molecular weight is 399 g/mol. The van der Waals surface area contributed by atoms with Gasteiger partial charge in [0.05, 0.1) is 6.10 Å². The maximum Gasteiger partial charge on any atom is 0.0543 e. The van der Waals surface area contributed by atoms with Crippen molar-refractivity contribution >= 4 is 0 Å². The minimum atomic E-state index is -0.0471. The highest BCUT2D eigenvalue weighted by atomic mass is 16.3. The van der Waals surface area contributed by atoms with Crippen LogP contribution in [0.25, 0.3) is 0 Å². The summed E-state index contributed by atoms with van der Waals surface area (Å²) in [6.07, 6.45) is 15.3. The SMILES string of the molecule is C=C(CC[C@@H](C)[C@H]1CC[C@H]2C3=CC[C@H]4C[C@@H](O)CC[C@]4(C)[C@H]3CC[C@]12C)C(C)C. The van der Waals surface area contributed by atoms with Gasteiger partial charge < -0.3 is 5.11 Å². The molecule has 0 unspecified atom stereocenters. The van der Waals surface area contributed by atoms with Gasteiger partial charge in [-0.15, -0.1) is 0 Å². The van der Waals surface area contributed by atoms with Crippen LogP contribution >= 0.6 is 0 Å². The van der Waals surface area contributed by atoms with E-state index in [4.69, 9.17) is 0 Å². The van der Waals surface area contributed by atoms with Gasteiger partial charge in [-0.2, -0.15) is 0 Å². The summed E-state index contributed by atoms with van der Waals surface area (Å²) >= 11 is 0. The van der Waals surface area contributed by atoms with E-state index < -0.39 is 0 Å². The molecular formula is C28H46O. The summed E-state index contributed by atoms with van der Waals surface area (Å²) in [5.41, 5.74) is 4.26. The molecule has 0 aliphatic heterocycles. The van der Waals surface area contributed by atoms with Crippen molar-refractivity contribution in [1.82, 2.24) is 0 Å². The normalized spacial score (nSPS) is 45.2. The second-order valence-electron chi connectivity index (χ2n) is 12.2. The summed E-state index contributed by atoms with van der Waals surface area (Å²) in [6, 6.07) is 0. The zero-order valence-electron chi connectivity index (χ0n) is 19.8. The Balaban J connectivity index is 1.50. The zero-order valence-corrected chi connectivity index (χ0v) is 19.8. The van der Waals surface area contributed by atoms with Gasteiger partial charge in [-0.05, 0) is 111 Å². The summed E-state index contributed by atoms with van der Waals surface area (Å²) in [4.78, 5) is 0. The maximum atomic E-state index is 10.2. The fourth-order valence-corrected chi connectivity index (χ4v) is 8.37. The minimum absolute atomic E-state index is 0.0471. The van der Waals surface area contributed by atoms with Crippen LogP contribution in [-0.4, -0.2) is 11.2 Å². The van der Waals surface area contributed by atoms with Gasteiger partial charge in [0, 0.05) is 0 Å². The van der Waals surface area contributed by atoms with Gasteiger partial charge >= 0.3 is 0 Å². The quantitative estimate of drug-likeness (QED) is 0.474. The topological polar surface area (TPSA) is 20.2 Å². The molecule has 3 fully saturated rings. The molecule has 0 spiro atoms. The van der Waals surface area contributed by atoms with Gasteiger partial charge in [0.15, 0.2) is 0 Å². The molecule has 0 aromatic heterocycles. The van der Waals surface area contributed by atoms with Crippen molar-refractivity contribution in [3.63, 3.8) is 0 Å².